The van der Waals surface area contributed by atoms with E-state index in [4.69, 9.17) is 4.74 Å². The van der Waals surface area contributed by atoms with E-state index >= 15 is 0 Å². The second-order valence-electron chi connectivity index (χ2n) is 8.91. The zero-order valence-corrected chi connectivity index (χ0v) is 19.5. The van der Waals surface area contributed by atoms with Crippen LogP contribution in [0.4, 0.5) is 4.39 Å². The molecule has 1 N–H and O–H groups in total. The van der Waals surface area contributed by atoms with Gasteiger partial charge in [0, 0.05) is 18.7 Å². The molecule has 2 aromatic rings. The molecule has 1 unspecified atom stereocenters. The maximum absolute atomic E-state index is 13.4. The Bertz CT molecular complexity index is 1030. The first kappa shape index (κ1) is 24.5. The fraction of sp³-hybridized carbons (Fsp3) is 0.385. The van der Waals surface area contributed by atoms with Crippen molar-refractivity contribution in [1.82, 2.24) is 9.80 Å². The highest BCUT2D eigenvalue weighted by atomic mass is 19.1. The molecule has 2 aromatic carbocycles. The van der Waals surface area contributed by atoms with Crippen molar-refractivity contribution < 1.29 is 23.8 Å². The maximum Gasteiger partial charge on any atom is 0.295 e. The molecule has 1 aliphatic rings. The van der Waals surface area contributed by atoms with Crippen LogP contribution < -0.4 is 4.74 Å². The Balaban J connectivity index is 2.05. The molecular formula is C26H31FN2O4. The van der Waals surface area contributed by atoms with Gasteiger partial charge in [0.25, 0.3) is 11.7 Å². The van der Waals surface area contributed by atoms with Crippen molar-refractivity contribution in [2.45, 2.75) is 26.3 Å². The summed E-state index contributed by atoms with van der Waals surface area (Å²) >= 11 is 0. The third-order valence-electron chi connectivity index (χ3n) is 5.58. The van der Waals surface area contributed by atoms with Crippen molar-refractivity contribution in [3.63, 3.8) is 0 Å². The lowest BCUT2D eigenvalue weighted by Crippen LogP contribution is -2.35. The van der Waals surface area contributed by atoms with Gasteiger partial charge in [0.1, 0.15) is 17.3 Å². The number of carbonyl (C=O) groups excluding carboxylic acids is 2. The van der Waals surface area contributed by atoms with Gasteiger partial charge < -0.3 is 19.6 Å². The van der Waals surface area contributed by atoms with Gasteiger partial charge in [-0.25, -0.2) is 4.39 Å². The van der Waals surface area contributed by atoms with Crippen LogP contribution in [0, 0.1) is 11.7 Å². The molecule has 1 fully saturated rings. The number of hydrogen-bond acceptors (Lipinski definition) is 5. The van der Waals surface area contributed by atoms with Crippen LogP contribution >= 0.6 is 0 Å². The molecule has 176 valence electrons. The SMILES string of the molecule is CC(C)CCOc1cccc(C2/C(=C(\O)c3ccc(F)cc3)C(=O)C(=O)N2CCN(C)C)c1. The minimum atomic E-state index is -0.774. The quantitative estimate of drug-likeness (QED) is 0.349. The minimum Gasteiger partial charge on any atom is -0.507 e. The molecule has 1 atom stereocenters. The van der Waals surface area contributed by atoms with Gasteiger partial charge >= 0.3 is 0 Å². The highest BCUT2D eigenvalue weighted by Crippen LogP contribution is 2.40. The summed E-state index contributed by atoms with van der Waals surface area (Å²) < 4.78 is 19.3. The van der Waals surface area contributed by atoms with E-state index in [2.05, 4.69) is 13.8 Å². The monoisotopic (exact) mass is 454 g/mol. The molecule has 0 radical (unpaired) electrons. The highest BCUT2D eigenvalue weighted by Gasteiger charge is 2.46. The third-order valence-corrected chi connectivity index (χ3v) is 5.58. The average Bonchev–Trinajstić information content (AvgIpc) is 3.02. The number of ketones is 1. The van der Waals surface area contributed by atoms with E-state index in [0.29, 0.717) is 36.9 Å². The predicted octanol–water partition coefficient (Wildman–Crippen LogP) is 4.23. The van der Waals surface area contributed by atoms with Gasteiger partial charge in [0.2, 0.25) is 0 Å². The van der Waals surface area contributed by atoms with Gasteiger partial charge in [0.05, 0.1) is 18.2 Å². The summed E-state index contributed by atoms with van der Waals surface area (Å²) in [7, 11) is 3.76. The summed E-state index contributed by atoms with van der Waals surface area (Å²) in [5.41, 5.74) is 0.930. The number of rotatable bonds is 9. The Morgan fingerprint density at radius 1 is 1.15 bits per heavy atom. The standard InChI is InChI=1S/C26H31FN2O4/c1-17(2)12-15-33-21-7-5-6-19(16-21)23-22(24(30)18-8-10-20(27)11-9-18)25(31)26(32)29(23)14-13-28(3)4/h5-11,16-17,23,30H,12-15H2,1-4H3/b24-22+. The normalized spacial score (nSPS) is 17.9. The lowest BCUT2D eigenvalue weighted by Gasteiger charge is -2.27. The van der Waals surface area contributed by atoms with E-state index < -0.39 is 23.5 Å². The van der Waals surface area contributed by atoms with E-state index in [-0.39, 0.29) is 16.9 Å². The molecule has 0 spiro atoms. The topological polar surface area (TPSA) is 70.1 Å². The number of carbonyl (C=O) groups is 2. The zero-order valence-electron chi connectivity index (χ0n) is 19.5. The van der Waals surface area contributed by atoms with Crippen molar-refractivity contribution in [1.29, 1.82) is 0 Å². The second kappa shape index (κ2) is 10.6. The van der Waals surface area contributed by atoms with Gasteiger partial charge in [-0.1, -0.05) is 26.0 Å². The summed E-state index contributed by atoms with van der Waals surface area (Å²) in [5, 5.41) is 11.0. The Morgan fingerprint density at radius 3 is 2.48 bits per heavy atom. The molecule has 1 aliphatic heterocycles. The maximum atomic E-state index is 13.4. The van der Waals surface area contributed by atoms with Crippen LogP contribution in [0.25, 0.3) is 5.76 Å². The van der Waals surface area contributed by atoms with Crippen molar-refractivity contribution in [2.75, 3.05) is 33.8 Å². The van der Waals surface area contributed by atoms with Gasteiger partial charge in [-0.05, 0) is 68.4 Å². The number of likely N-dealkylation sites (N-methyl/N-ethyl adjacent to an activating group) is 1. The van der Waals surface area contributed by atoms with Gasteiger partial charge in [-0.15, -0.1) is 0 Å². The fourth-order valence-electron chi connectivity index (χ4n) is 3.72. The number of ether oxygens (including phenoxy) is 1. The lowest BCUT2D eigenvalue weighted by molar-refractivity contribution is -0.140. The molecule has 3 rings (SSSR count). The first-order valence-electron chi connectivity index (χ1n) is 11.1. The van der Waals surface area contributed by atoms with Crippen LogP contribution in [0.2, 0.25) is 0 Å². The number of amides is 1. The molecule has 33 heavy (non-hydrogen) atoms. The predicted molar refractivity (Wildman–Crippen MR) is 125 cm³/mol. The molecule has 1 amide bonds. The number of nitrogens with zero attached hydrogens (tertiary/aromatic N) is 2. The first-order chi connectivity index (χ1) is 15.7. The number of benzene rings is 2. The van der Waals surface area contributed by atoms with Crippen LogP contribution in [-0.2, 0) is 9.59 Å². The molecule has 0 bridgehead atoms. The van der Waals surface area contributed by atoms with Crippen LogP contribution in [0.15, 0.2) is 54.1 Å². The van der Waals surface area contributed by atoms with Crippen molar-refractivity contribution in [3.8, 4) is 5.75 Å². The Morgan fingerprint density at radius 2 is 1.85 bits per heavy atom. The number of likely N-dealkylation sites (tertiary alicyclic amines) is 1. The molecule has 6 nitrogen and oxygen atoms in total. The molecule has 0 aliphatic carbocycles. The van der Waals surface area contributed by atoms with Crippen LogP contribution in [0.3, 0.4) is 0 Å². The Hall–Kier alpha value is -3.19. The second-order valence-corrected chi connectivity index (χ2v) is 8.91. The van der Waals surface area contributed by atoms with Gasteiger partial charge in [0.15, 0.2) is 0 Å². The largest absolute Gasteiger partial charge is 0.507 e. The van der Waals surface area contributed by atoms with E-state index in [1.807, 2.05) is 37.2 Å². The zero-order chi connectivity index (χ0) is 24.1. The van der Waals surface area contributed by atoms with E-state index in [9.17, 15) is 19.1 Å². The van der Waals surface area contributed by atoms with E-state index in [1.165, 1.54) is 29.2 Å². The van der Waals surface area contributed by atoms with E-state index in [1.54, 1.807) is 6.07 Å². The fourth-order valence-corrected chi connectivity index (χ4v) is 3.72. The number of aliphatic hydroxyl groups excluding tert-OH is 1. The molecule has 0 saturated carbocycles. The highest BCUT2D eigenvalue weighted by molar-refractivity contribution is 6.46. The summed E-state index contributed by atoms with van der Waals surface area (Å²) in [6, 6.07) is 11.7. The lowest BCUT2D eigenvalue weighted by atomic mass is 9.95. The molecule has 7 heteroatoms. The summed E-state index contributed by atoms with van der Waals surface area (Å²) in [5.74, 6) is -1.07. The Kier molecular flexibility index (Phi) is 7.87. The van der Waals surface area contributed by atoms with Crippen molar-refractivity contribution >= 4 is 17.4 Å². The molecular weight excluding hydrogens is 423 g/mol. The molecule has 0 aromatic heterocycles. The van der Waals surface area contributed by atoms with Gasteiger partial charge in [-0.2, -0.15) is 0 Å². The number of halogens is 1. The van der Waals surface area contributed by atoms with Crippen molar-refractivity contribution in [3.05, 3.63) is 71.0 Å². The molecule has 1 heterocycles. The number of aliphatic hydroxyl groups is 1. The first-order valence-corrected chi connectivity index (χ1v) is 11.1. The smallest absolute Gasteiger partial charge is 0.295 e. The summed E-state index contributed by atoms with van der Waals surface area (Å²) in [6.45, 7) is 5.64. The Labute approximate surface area is 194 Å². The summed E-state index contributed by atoms with van der Waals surface area (Å²) in [6.07, 6.45) is 0.899. The van der Waals surface area contributed by atoms with Gasteiger partial charge in [-0.3, -0.25) is 9.59 Å². The number of hydrogen-bond donors (Lipinski definition) is 1. The van der Waals surface area contributed by atoms with Crippen molar-refractivity contribution in [2.24, 2.45) is 5.92 Å². The third kappa shape index (κ3) is 5.79. The number of Topliss-reactive ketones (excluding diaryl/α,β-unsaturated/α-hetero) is 1. The average molecular weight is 455 g/mol. The minimum absolute atomic E-state index is 0.00954. The van der Waals surface area contributed by atoms with E-state index in [0.717, 1.165) is 6.42 Å². The van der Waals surface area contributed by atoms with Crippen LogP contribution in [-0.4, -0.2) is 60.4 Å². The molecule has 1 saturated heterocycles. The summed E-state index contributed by atoms with van der Waals surface area (Å²) in [4.78, 5) is 29.4. The van der Waals surface area contributed by atoms with Crippen LogP contribution in [0.5, 0.6) is 5.75 Å². The van der Waals surface area contributed by atoms with Crippen LogP contribution in [0.1, 0.15) is 37.4 Å².